The molecule has 32 heavy (non-hydrogen) atoms. The number of anilines is 1. The third kappa shape index (κ3) is 4.07. The van der Waals surface area contributed by atoms with Crippen LogP contribution in [0.4, 0.5) is 5.82 Å². The number of halogens is 1. The van der Waals surface area contributed by atoms with Gasteiger partial charge in [0.1, 0.15) is 11.6 Å². The number of hydrogen-bond acceptors (Lipinski definition) is 4. The van der Waals surface area contributed by atoms with E-state index in [2.05, 4.69) is 56.2 Å². The van der Waals surface area contributed by atoms with Gasteiger partial charge in [-0.05, 0) is 75.6 Å². The van der Waals surface area contributed by atoms with Crippen LogP contribution in [0.25, 0.3) is 16.8 Å². The Labute approximate surface area is 198 Å². The summed E-state index contributed by atoms with van der Waals surface area (Å²) in [5, 5.41) is 5.09. The van der Waals surface area contributed by atoms with Crippen molar-refractivity contribution >= 4 is 23.9 Å². The highest BCUT2D eigenvalue weighted by Gasteiger charge is 2.29. The Morgan fingerprint density at radius 1 is 1.12 bits per heavy atom. The second kappa shape index (κ2) is 10.1. The van der Waals surface area contributed by atoms with E-state index in [1.54, 1.807) is 7.11 Å². The molecule has 0 unspecified atom stereocenters. The highest BCUT2D eigenvalue weighted by Crippen LogP contribution is 2.38. The quantitative estimate of drug-likeness (QED) is 0.396. The molecule has 0 saturated carbocycles. The smallest absolute Gasteiger partial charge is 0.165 e. The Bertz CT molecular complexity index is 1090. The summed E-state index contributed by atoms with van der Waals surface area (Å²) in [7, 11) is 1.71. The van der Waals surface area contributed by atoms with Gasteiger partial charge in [-0.1, -0.05) is 26.8 Å². The molecule has 1 aliphatic rings. The number of fused-ring (bicyclic) bond motifs is 2. The van der Waals surface area contributed by atoms with Crippen molar-refractivity contribution in [3.63, 3.8) is 0 Å². The second-order valence-electron chi connectivity index (χ2n) is 8.75. The van der Waals surface area contributed by atoms with E-state index in [9.17, 15) is 0 Å². The van der Waals surface area contributed by atoms with E-state index in [1.165, 1.54) is 34.6 Å². The molecule has 174 valence electrons. The normalized spacial score (nSPS) is 12.8. The van der Waals surface area contributed by atoms with E-state index in [0.717, 1.165) is 61.3 Å². The predicted octanol–water partition coefficient (Wildman–Crippen LogP) is 6.34. The minimum atomic E-state index is 0. The molecule has 6 heteroatoms. The van der Waals surface area contributed by atoms with Crippen LogP contribution in [-0.4, -0.2) is 34.3 Å². The van der Waals surface area contributed by atoms with Gasteiger partial charge >= 0.3 is 0 Å². The van der Waals surface area contributed by atoms with Crippen molar-refractivity contribution in [3.8, 4) is 16.9 Å². The van der Waals surface area contributed by atoms with Crippen LogP contribution in [0.15, 0.2) is 18.2 Å². The largest absolute Gasteiger partial charge is 0.497 e. The number of ether oxygens (including phenoxy) is 1. The molecule has 0 saturated heterocycles. The van der Waals surface area contributed by atoms with Gasteiger partial charge in [-0.25, -0.2) is 4.98 Å². The van der Waals surface area contributed by atoms with Crippen LogP contribution < -0.4 is 9.64 Å². The van der Waals surface area contributed by atoms with Gasteiger partial charge in [-0.15, -0.1) is 12.4 Å². The molecule has 0 N–H and O–H groups in total. The molecule has 0 bridgehead atoms. The van der Waals surface area contributed by atoms with Gasteiger partial charge in [-0.2, -0.15) is 9.61 Å². The average Bonchev–Trinajstić information content (AvgIpc) is 3.36. The molecule has 2 heterocycles. The maximum absolute atomic E-state index is 5.43. The van der Waals surface area contributed by atoms with Crippen LogP contribution in [0.5, 0.6) is 5.75 Å². The SMILES string of the molecule is CCCN(c1c2c(nc3c(-c4ccc(OC)cc4C)c(C)nn13)CCC2)C(CC)CC.Cl. The molecule has 3 aromatic rings. The zero-order valence-corrected chi connectivity index (χ0v) is 21.2. The number of rotatable bonds is 8. The van der Waals surface area contributed by atoms with E-state index in [0.29, 0.717) is 6.04 Å². The molecule has 4 rings (SSSR count). The summed E-state index contributed by atoms with van der Waals surface area (Å²) in [5.41, 5.74) is 8.23. The molecular formula is C26H37ClN4O. The molecule has 0 spiro atoms. The zero-order chi connectivity index (χ0) is 22.1. The Morgan fingerprint density at radius 3 is 2.50 bits per heavy atom. The Hall–Kier alpha value is -2.27. The fraction of sp³-hybridized carbons (Fsp3) is 0.538. The first-order valence-corrected chi connectivity index (χ1v) is 11.9. The molecule has 0 amide bonds. The van der Waals surface area contributed by atoms with Crippen LogP contribution in [0, 0.1) is 13.8 Å². The third-order valence-corrected chi connectivity index (χ3v) is 6.76. The molecule has 5 nitrogen and oxygen atoms in total. The van der Waals surface area contributed by atoms with Crippen molar-refractivity contribution in [2.75, 3.05) is 18.6 Å². The standard InChI is InChI=1S/C26H36N4O.ClH/c1-7-15-29(19(8-2)9-3)26-22-11-10-12-23(22)27-25-24(18(5)28-30(25)26)21-14-13-20(31-6)16-17(21)4;/h13-14,16,19H,7-12,15H2,1-6H3;1H. The summed E-state index contributed by atoms with van der Waals surface area (Å²) >= 11 is 0. The lowest BCUT2D eigenvalue weighted by Crippen LogP contribution is -2.37. The first-order chi connectivity index (χ1) is 15.0. The van der Waals surface area contributed by atoms with Crippen molar-refractivity contribution < 1.29 is 4.74 Å². The van der Waals surface area contributed by atoms with E-state index in [4.69, 9.17) is 14.8 Å². The Balaban J connectivity index is 0.00000289. The number of aromatic nitrogens is 3. The van der Waals surface area contributed by atoms with E-state index in [1.807, 2.05) is 6.07 Å². The lowest BCUT2D eigenvalue weighted by Gasteiger charge is -2.34. The summed E-state index contributed by atoms with van der Waals surface area (Å²) in [6.45, 7) is 12.2. The number of methoxy groups -OCH3 is 1. The molecule has 0 atom stereocenters. The van der Waals surface area contributed by atoms with Crippen molar-refractivity contribution in [1.82, 2.24) is 14.6 Å². The van der Waals surface area contributed by atoms with Gasteiger partial charge in [0.05, 0.1) is 12.8 Å². The lowest BCUT2D eigenvalue weighted by molar-refractivity contribution is 0.414. The Morgan fingerprint density at radius 2 is 1.88 bits per heavy atom. The minimum Gasteiger partial charge on any atom is -0.497 e. The summed E-state index contributed by atoms with van der Waals surface area (Å²) < 4.78 is 7.59. The number of benzene rings is 1. The van der Waals surface area contributed by atoms with Crippen LogP contribution in [-0.2, 0) is 12.8 Å². The van der Waals surface area contributed by atoms with Crippen LogP contribution in [0.1, 0.15) is 69.0 Å². The molecule has 0 fully saturated rings. The Kier molecular flexibility index (Phi) is 7.71. The maximum atomic E-state index is 5.43. The van der Waals surface area contributed by atoms with E-state index < -0.39 is 0 Å². The molecule has 0 aliphatic heterocycles. The van der Waals surface area contributed by atoms with Gasteiger partial charge in [0.2, 0.25) is 0 Å². The molecule has 2 aromatic heterocycles. The molecule has 1 aromatic carbocycles. The van der Waals surface area contributed by atoms with Gasteiger partial charge in [-0.3, -0.25) is 0 Å². The van der Waals surface area contributed by atoms with E-state index >= 15 is 0 Å². The summed E-state index contributed by atoms with van der Waals surface area (Å²) in [6.07, 6.45) is 6.75. The summed E-state index contributed by atoms with van der Waals surface area (Å²) in [5.74, 6) is 2.17. The van der Waals surface area contributed by atoms with Gasteiger partial charge in [0.15, 0.2) is 5.65 Å². The molecular weight excluding hydrogens is 420 g/mol. The monoisotopic (exact) mass is 456 g/mol. The molecule has 1 aliphatic carbocycles. The van der Waals surface area contributed by atoms with Crippen LogP contribution >= 0.6 is 12.4 Å². The van der Waals surface area contributed by atoms with Gasteiger partial charge < -0.3 is 9.64 Å². The number of aryl methyl sites for hydroxylation is 3. The summed E-state index contributed by atoms with van der Waals surface area (Å²) in [6, 6.07) is 6.80. The highest BCUT2D eigenvalue weighted by atomic mass is 35.5. The van der Waals surface area contributed by atoms with Gasteiger partial charge in [0, 0.05) is 29.4 Å². The first-order valence-electron chi connectivity index (χ1n) is 11.9. The fourth-order valence-electron chi connectivity index (χ4n) is 5.20. The van der Waals surface area contributed by atoms with Crippen molar-refractivity contribution in [1.29, 1.82) is 0 Å². The summed E-state index contributed by atoms with van der Waals surface area (Å²) in [4.78, 5) is 7.81. The highest BCUT2D eigenvalue weighted by molar-refractivity contribution is 5.85. The van der Waals surface area contributed by atoms with Crippen molar-refractivity contribution in [2.24, 2.45) is 0 Å². The number of hydrogen-bond donors (Lipinski definition) is 0. The van der Waals surface area contributed by atoms with Crippen molar-refractivity contribution in [2.45, 2.75) is 79.2 Å². The van der Waals surface area contributed by atoms with Gasteiger partial charge in [0.25, 0.3) is 0 Å². The topological polar surface area (TPSA) is 42.7 Å². The maximum Gasteiger partial charge on any atom is 0.165 e. The zero-order valence-electron chi connectivity index (χ0n) is 20.4. The minimum absolute atomic E-state index is 0. The first kappa shape index (κ1) is 24.4. The van der Waals surface area contributed by atoms with Crippen molar-refractivity contribution in [3.05, 3.63) is 40.7 Å². The predicted molar refractivity (Wildman–Crippen MR) is 136 cm³/mol. The fourth-order valence-corrected chi connectivity index (χ4v) is 5.20. The molecule has 0 radical (unpaired) electrons. The van der Waals surface area contributed by atoms with Crippen LogP contribution in [0.2, 0.25) is 0 Å². The van der Waals surface area contributed by atoms with E-state index in [-0.39, 0.29) is 12.4 Å². The average molecular weight is 457 g/mol. The lowest BCUT2D eigenvalue weighted by atomic mass is 10.0. The third-order valence-electron chi connectivity index (χ3n) is 6.76. The second-order valence-corrected chi connectivity index (χ2v) is 8.75. The van der Waals surface area contributed by atoms with Crippen LogP contribution in [0.3, 0.4) is 0 Å². The number of nitrogens with zero attached hydrogens (tertiary/aromatic N) is 4.